The van der Waals surface area contributed by atoms with E-state index in [9.17, 15) is 0 Å². The smallest absolute Gasteiger partial charge is 0.0638 e. The fraction of sp³-hybridized carbons (Fsp3) is 0.462. The van der Waals surface area contributed by atoms with Crippen molar-refractivity contribution in [3.05, 3.63) is 35.9 Å². The Morgan fingerprint density at radius 1 is 1.33 bits per heavy atom. The number of rotatable bonds is 5. The molecule has 0 aromatic heterocycles. The van der Waals surface area contributed by atoms with Gasteiger partial charge in [0, 0.05) is 12.6 Å². The van der Waals surface area contributed by atoms with Gasteiger partial charge in [-0.05, 0) is 19.0 Å². The summed E-state index contributed by atoms with van der Waals surface area (Å²) in [4.78, 5) is 2.25. The summed E-state index contributed by atoms with van der Waals surface area (Å²) in [6.07, 6.45) is 1.64. The van der Waals surface area contributed by atoms with Crippen LogP contribution in [0.3, 0.4) is 0 Å². The van der Waals surface area contributed by atoms with Crippen molar-refractivity contribution in [2.75, 3.05) is 7.05 Å². The number of nitrogens with zero attached hydrogens (tertiary/aromatic N) is 2. The summed E-state index contributed by atoms with van der Waals surface area (Å²) in [5.74, 6) is 0. The van der Waals surface area contributed by atoms with E-state index in [2.05, 4.69) is 49.2 Å². The molecule has 0 amide bonds. The van der Waals surface area contributed by atoms with Gasteiger partial charge < -0.3 is 0 Å². The Kier molecular flexibility index (Phi) is 4.86. The van der Waals surface area contributed by atoms with Crippen LogP contribution in [0.15, 0.2) is 30.3 Å². The van der Waals surface area contributed by atoms with Gasteiger partial charge in [0.25, 0.3) is 0 Å². The molecule has 1 rings (SSSR count). The monoisotopic (exact) mass is 202 g/mol. The summed E-state index contributed by atoms with van der Waals surface area (Å²) in [6, 6.07) is 13.0. The summed E-state index contributed by atoms with van der Waals surface area (Å²) in [5, 5.41) is 8.71. The zero-order valence-corrected chi connectivity index (χ0v) is 9.48. The number of hydrogen-bond donors (Lipinski definition) is 0. The molecule has 0 saturated carbocycles. The zero-order valence-electron chi connectivity index (χ0n) is 9.48. The molecule has 1 atom stereocenters. The van der Waals surface area contributed by atoms with Crippen LogP contribution < -0.4 is 0 Å². The van der Waals surface area contributed by atoms with Crippen LogP contribution >= 0.6 is 0 Å². The number of benzene rings is 1. The van der Waals surface area contributed by atoms with Crippen molar-refractivity contribution in [1.82, 2.24) is 4.90 Å². The van der Waals surface area contributed by atoms with Crippen LogP contribution in [0.25, 0.3) is 0 Å². The lowest BCUT2D eigenvalue weighted by molar-refractivity contribution is 0.230. The quantitative estimate of drug-likeness (QED) is 0.734. The van der Waals surface area contributed by atoms with E-state index in [1.54, 1.807) is 0 Å². The number of nitriles is 1. The van der Waals surface area contributed by atoms with Gasteiger partial charge in [0.05, 0.1) is 12.5 Å². The Labute approximate surface area is 92.1 Å². The van der Waals surface area contributed by atoms with Crippen LogP contribution in [0.2, 0.25) is 0 Å². The first-order chi connectivity index (χ1) is 7.27. The molecule has 2 heteroatoms. The first-order valence-corrected chi connectivity index (χ1v) is 5.39. The molecule has 15 heavy (non-hydrogen) atoms. The molecule has 0 aliphatic carbocycles. The highest BCUT2D eigenvalue weighted by Gasteiger charge is 2.11. The second-order valence-corrected chi connectivity index (χ2v) is 3.83. The predicted molar refractivity (Wildman–Crippen MR) is 62.2 cm³/mol. The van der Waals surface area contributed by atoms with Crippen LogP contribution in [0.4, 0.5) is 0 Å². The van der Waals surface area contributed by atoms with Gasteiger partial charge in [-0.1, -0.05) is 37.3 Å². The summed E-state index contributed by atoms with van der Waals surface area (Å²) in [6.45, 7) is 3.05. The molecule has 1 unspecified atom stereocenters. The summed E-state index contributed by atoms with van der Waals surface area (Å²) in [7, 11) is 2.08. The normalized spacial score (nSPS) is 12.4. The topological polar surface area (TPSA) is 27.0 Å². The van der Waals surface area contributed by atoms with Crippen LogP contribution in [0.5, 0.6) is 0 Å². The van der Waals surface area contributed by atoms with Crippen molar-refractivity contribution in [2.24, 2.45) is 0 Å². The third kappa shape index (κ3) is 3.73. The van der Waals surface area contributed by atoms with Crippen LogP contribution in [-0.4, -0.2) is 18.0 Å². The molecule has 0 aliphatic heterocycles. The van der Waals surface area contributed by atoms with Gasteiger partial charge in [-0.3, -0.25) is 4.90 Å². The van der Waals surface area contributed by atoms with Gasteiger partial charge in [0.1, 0.15) is 0 Å². The molecular formula is C13H18N2. The summed E-state index contributed by atoms with van der Waals surface area (Å²) >= 11 is 0. The van der Waals surface area contributed by atoms with E-state index in [4.69, 9.17) is 5.26 Å². The maximum atomic E-state index is 8.71. The maximum Gasteiger partial charge on any atom is 0.0638 e. The lowest BCUT2D eigenvalue weighted by Gasteiger charge is -2.25. The summed E-state index contributed by atoms with van der Waals surface area (Å²) in [5.41, 5.74) is 1.30. The minimum Gasteiger partial charge on any atom is -0.298 e. The molecule has 0 heterocycles. The Morgan fingerprint density at radius 3 is 2.53 bits per heavy atom. The van der Waals surface area contributed by atoms with E-state index in [1.807, 2.05) is 6.07 Å². The van der Waals surface area contributed by atoms with Gasteiger partial charge in [-0.15, -0.1) is 0 Å². The highest BCUT2D eigenvalue weighted by atomic mass is 15.1. The van der Waals surface area contributed by atoms with Crippen molar-refractivity contribution < 1.29 is 0 Å². The fourth-order valence-corrected chi connectivity index (χ4v) is 1.72. The highest BCUT2D eigenvalue weighted by Crippen LogP contribution is 2.10. The second-order valence-electron chi connectivity index (χ2n) is 3.83. The first kappa shape index (κ1) is 11.7. The van der Waals surface area contributed by atoms with Crippen molar-refractivity contribution in [1.29, 1.82) is 5.26 Å². The van der Waals surface area contributed by atoms with Gasteiger partial charge in [0.15, 0.2) is 0 Å². The van der Waals surface area contributed by atoms with Crippen LogP contribution in [0.1, 0.15) is 25.3 Å². The molecule has 0 bridgehead atoms. The SMILES string of the molecule is CCC(CC#N)N(C)Cc1ccccc1. The van der Waals surface area contributed by atoms with Gasteiger partial charge in [0.2, 0.25) is 0 Å². The van der Waals surface area contributed by atoms with E-state index >= 15 is 0 Å². The number of hydrogen-bond acceptors (Lipinski definition) is 2. The van der Waals surface area contributed by atoms with Crippen molar-refractivity contribution in [3.63, 3.8) is 0 Å². The maximum absolute atomic E-state index is 8.71. The molecule has 80 valence electrons. The third-order valence-electron chi connectivity index (χ3n) is 2.70. The van der Waals surface area contributed by atoms with Crippen molar-refractivity contribution in [2.45, 2.75) is 32.4 Å². The van der Waals surface area contributed by atoms with E-state index in [1.165, 1.54) is 5.56 Å². The van der Waals surface area contributed by atoms with Crippen molar-refractivity contribution in [3.8, 4) is 6.07 Å². The predicted octanol–water partition coefficient (Wildman–Crippen LogP) is 2.81. The lowest BCUT2D eigenvalue weighted by Crippen LogP contribution is -2.30. The molecule has 0 aliphatic rings. The summed E-state index contributed by atoms with van der Waals surface area (Å²) < 4.78 is 0. The average molecular weight is 202 g/mol. The van der Waals surface area contributed by atoms with Crippen molar-refractivity contribution >= 4 is 0 Å². The molecule has 2 nitrogen and oxygen atoms in total. The first-order valence-electron chi connectivity index (χ1n) is 5.39. The van der Waals surface area contributed by atoms with E-state index < -0.39 is 0 Å². The minimum atomic E-state index is 0.371. The minimum absolute atomic E-state index is 0.371. The lowest BCUT2D eigenvalue weighted by atomic mass is 10.1. The largest absolute Gasteiger partial charge is 0.298 e. The van der Waals surface area contributed by atoms with Gasteiger partial charge in [-0.2, -0.15) is 5.26 Å². The van der Waals surface area contributed by atoms with Gasteiger partial charge in [-0.25, -0.2) is 0 Å². The Morgan fingerprint density at radius 2 is 2.00 bits per heavy atom. The second kappa shape index (κ2) is 6.21. The van der Waals surface area contributed by atoms with Gasteiger partial charge >= 0.3 is 0 Å². The Bertz CT molecular complexity index is 313. The fourth-order valence-electron chi connectivity index (χ4n) is 1.72. The van der Waals surface area contributed by atoms with Crippen LogP contribution in [-0.2, 0) is 6.54 Å². The van der Waals surface area contributed by atoms with E-state index in [0.717, 1.165) is 13.0 Å². The van der Waals surface area contributed by atoms with Crippen LogP contribution in [0, 0.1) is 11.3 Å². The average Bonchev–Trinajstić information content (AvgIpc) is 2.27. The molecule has 1 aromatic carbocycles. The molecule has 0 spiro atoms. The third-order valence-corrected chi connectivity index (χ3v) is 2.70. The molecule has 1 aromatic rings. The molecule has 0 radical (unpaired) electrons. The highest BCUT2D eigenvalue weighted by molar-refractivity contribution is 5.14. The standard InChI is InChI=1S/C13H18N2/c1-3-13(9-10-14)15(2)11-12-7-5-4-6-8-12/h4-8,13H,3,9,11H2,1-2H3. The molecule has 0 N–H and O–H groups in total. The van der Waals surface area contributed by atoms with E-state index in [-0.39, 0.29) is 0 Å². The Balaban J connectivity index is 2.54. The molecule has 0 fully saturated rings. The molecular weight excluding hydrogens is 184 g/mol. The van der Waals surface area contributed by atoms with E-state index in [0.29, 0.717) is 12.5 Å². The molecule has 0 saturated heterocycles. The zero-order chi connectivity index (χ0) is 11.1. The Hall–Kier alpha value is -1.33.